The van der Waals surface area contributed by atoms with Gasteiger partial charge in [0.15, 0.2) is 0 Å². The zero-order valence-corrected chi connectivity index (χ0v) is 22.4. The van der Waals surface area contributed by atoms with Gasteiger partial charge in [-0.1, -0.05) is 12.1 Å². The van der Waals surface area contributed by atoms with Gasteiger partial charge in [-0.05, 0) is 63.6 Å². The Labute approximate surface area is 217 Å². The highest BCUT2D eigenvalue weighted by Gasteiger charge is 2.34. The van der Waals surface area contributed by atoms with Gasteiger partial charge in [0, 0.05) is 74.5 Å². The van der Waals surface area contributed by atoms with Crippen LogP contribution in [0.5, 0.6) is 0 Å². The summed E-state index contributed by atoms with van der Waals surface area (Å²) in [5, 5.41) is 0.671. The highest BCUT2D eigenvalue weighted by Crippen LogP contribution is 2.29. The second-order valence-corrected chi connectivity index (χ2v) is 10.5. The Morgan fingerprint density at radius 3 is 2.30 bits per heavy atom. The second kappa shape index (κ2) is 10.5. The van der Waals surface area contributed by atoms with Crippen LogP contribution in [0.1, 0.15) is 60.0 Å². The molecule has 1 aromatic heterocycles. The number of Topliss-reactive ketones (excluding diaryl/α,β-unsaturated/α-hetero) is 1. The zero-order valence-electron chi connectivity index (χ0n) is 22.4. The largest absolute Gasteiger partial charge is 0.344 e. The number of hydrogen-bond donors (Lipinski definition) is 0. The Kier molecular flexibility index (Phi) is 7.50. The molecule has 7 nitrogen and oxygen atoms in total. The molecule has 196 valence electrons. The molecule has 8 heteroatoms. The third-order valence-electron chi connectivity index (χ3n) is 7.16. The van der Waals surface area contributed by atoms with Crippen molar-refractivity contribution >= 4 is 28.5 Å². The number of benzene rings is 2. The number of carbonyl (C=O) groups is 3. The van der Waals surface area contributed by atoms with E-state index in [1.54, 1.807) is 38.4 Å². The van der Waals surface area contributed by atoms with Crippen molar-refractivity contribution in [2.24, 2.45) is 0 Å². The maximum Gasteiger partial charge on any atom is 0.294 e. The number of piperazine rings is 1. The van der Waals surface area contributed by atoms with Gasteiger partial charge in [0.25, 0.3) is 11.8 Å². The third-order valence-corrected chi connectivity index (χ3v) is 7.16. The van der Waals surface area contributed by atoms with Gasteiger partial charge in [-0.25, -0.2) is 4.39 Å². The number of nitrogens with zero attached hydrogens (tertiary/aromatic N) is 4. The van der Waals surface area contributed by atoms with Crippen molar-refractivity contribution in [3.63, 3.8) is 0 Å². The molecule has 2 unspecified atom stereocenters. The quantitative estimate of drug-likeness (QED) is 0.368. The van der Waals surface area contributed by atoms with Crippen molar-refractivity contribution in [3.05, 3.63) is 71.2 Å². The Morgan fingerprint density at radius 2 is 1.68 bits per heavy atom. The van der Waals surface area contributed by atoms with Gasteiger partial charge in [0.05, 0.1) is 5.56 Å². The van der Waals surface area contributed by atoms with E-state index in [1.165, 1.54) is 17.0 Å². The first-order chi connectivity index (χ1) is 17.5. The lowest BCUT2D eigenvalue weighted by Gasteiger charge is -2.44. The number of aromatic nitrogens is 1. The van der Waals surface area contributed by atoms with E-state index in [0.717, 1.165) is 11.1 Å². The molecule has 2 atom stereocenters. The Balaban J connectivity index is 1.63. The minimum Gasteiger partial charge on any atom is -0.344 e. The molecule has 0 N–H and O–H groups in total. The number of amides is 2. The Hall–Kier alpha value is -3.52. The standard InChI is InChI=1S/C29H35FN4O3/c1-18(2)33-17-25(24-13-22(9-12-26(24)33)27(35)29(37)31(5)6)28(36)34-15-19(3)32(14-20(34)4)16-21-7-10-23(30)11-8-21/h7-13,17-20H,14-16H2,1-6H3. The fourth-order valence-electron chi connectivity index (χ4n) is 5.00. The molecule has 2 aromatic carbocycles. The fraction of sp³-hybridized carbons (Fsp3) is 0.414. The average Bonchev–Trinajstić information content (AvgIpc) is 3.25. The predicted molar refractivity (Wildman–Crippen MR) is 142 cm³/mol. The molecule has 37 heavy (non-hydrogen) atoms. The number of rotatable bonds is 6. The molecule has 0 radical (unpaired) electrons. The summed E-state index contributed by atoms with van der Waals surface area (Å²) in [4.78, 5) is 44.4. The van der Waals surface area contributed by atoms with E-state index < -0.39 is 11.7 Å². The Morgan fingerprint density at radius 1 is 1.00 bits per heavy atom. The molecule has 2 heterocycles. The zero-order chi connectivity index (χ0) is 27.0. The van der Waals surface area contributed by atoms with Gasteiger partial charge in [-0.3, -0.25) is 19.3 Å². The van der Waals surface area contributed by atoms with E-state index >= 15 is 0 Å². The van der Waals surface area contributed by atoms with Gasteiger partial charge in [-0.2, -0.15) is 0 Å². The number of halogens is 1. The summed E-state index contributed by atoms with van der Waals surface area (Å²) in [7, 11) is 3.09. The number of fused-ring (bicyclic) bond motifs is 1. The number of hydrogen-bond acceptors (Lipinski definition) is 4. The number of likely N-dealkylation sites (N-methyl/N-ethyl adjacent to an activating group) is 1. The second-order valence-electron chi connectivity index (χ2n) is 10.5. The lowest BCUT2D eigenvalue weighted by molar-refractivity contribution is -0.124. The van der Waals surface area contributed by atoms with Gasteiger partial charge in [-0.15, -0.1) is 0 Å². The smallest absolute Gasteiger partial charge is 0.294 e. The molecule has 0 bridgehead atoms. The van der Waals surface area contributed by atoms with E-state index in [2.05, 4.69) is 11.8 Å². The molecule has 1 aliphatic heterocycles. The summed E-state index contributed by atoms with van der Waals surface area (Å²) in [5.41, 5.74) is 2.68. The molecule has 1 aliphatic rings. The normalized spacial score (nSPS) is 18.4. The monoisotopic (exact) mass is 506 g/mol. The van der Waals surface area contributed by atoms with E-state index in [9.17, 15) is 18.8 Å². The molecular weight excluding hydrogens is 471 g/mol. The first kappa shape index (κ1) is 26.5. The predicted octanol–water partition coefficient (Wildman–Crippen LogP) is 4.37. The lowest BCUT2D eigenvalue weighted by Crippen LogP contribution is -2.57. The SMILES string of the molecule is CC1CN(C(=O)c2cn(C(C)C)c3ccc(C(=O)C(=O)N(C)C)cc23)C(C)CN1Cc1ccc(F)cc1. The number of carbonyl (C=O) groups excluding carboxylic acids is 3. The molecule has 1 saturated heterocycles. The first-order valence-corrected chi connectivity index (χ1v) is 12.7. The van der Waals surface area contributed by atoms with E-state index in [-0.39, 0.29) is 35.4 Å². The van der Waals surface area contributed by atoms with Crippen molar-refractivity contribution < 1.29 is 18.8 Å². The summed E-state index contributed by atoms with van der Waals surface area (Å²) in [6.07, 6.45) is 1.86. The van der Waals surface area contributed by atoms with Crippen LogP contribution in [0.25, 0.3) is 10.9 Å². The van der Waals surface area contributed by atoms with Crippen LogP contribution < -0.4 is 0 Å². The minimum atomic E-state index is -0.602. The maximum absolute atomic E-state index is 13.9. The molecule has 0 saturated carbocycles. The van der Waals surface area contributed by atoms with Gasteiger partial charge in [0.2, 0.25) is 5.78 Å². The van der Waals surface area contributed by atoms with Crippen LogP contribution in [0.4, 0.5) is 4.39 Å². The van der Waals surface area contributed by atoms with Crippen molar-refractivity contribution in [1.82, 2.24) is 19.3 Å². The third kappa shape index (κ3) is 5.30. The van der Waals surface area contributed by atoms with Crippen LogP contribution in [0.15, 0.2) is 48.7 Å². The van der Waals surface area contributed by atoms with Crippen LogP contribution >= 0.6 is 0 Å². The summed E-state index contributed by atoms with van der Waals surface area (Å²) in [6, 6.07) is 11.9. The molecule has 3 aromatic rings. The van der Waals surface area contributed by atoms with Crippen molar-refractivity contribution in [3.8, 4) is 0 Å². The minimum absolute atomic E-state index is 0.0401. The molecular formula is C29H35FN4O3. The maximum atomic E-state index is 13.9. The van der Waals surface area contributed by atoms with E-state index in [1.807, 2.05) is 42.5 Å². The lowest BCUT2D eigenvalue weighted by atomic mass is 10.0. The van der Waals surface area contributed by atoms with Crippen LogP contribution in [0.2, 0.25) is 0 Å². The average molecular weight is 507 g/mol. The van der Waals surface area contributed by atoms with Crippen LogP contribution in [-0.2, 0) is 11.3 Å². The van der Waals surface area contributed by atoms with E-state index in [0.29, 0.717) is 30.6 Å². The van der Waals surface area contributed by atoms with E-state index in [4.69, 9.17) is 0 Å². The van der Waals surface area contributed by atoms with Crippen LogP contribution in [0.3, 0.4) is 0 Å². The molecule has 2 amide bonds. The molecule has 1 fully saturated rings. The summed E-state index contributed by atoms with van der Waals surface area (Å²) in [5.74, 6) is -1.54. The first-order valence-electron chi connectivity index (χ1n) is 12.7. The van der Waals surface area contributed by atoms with Crippen molar-refractivity contribution in [1.29, 1.82) is 0 Å². The summed E-state index contributed by atoms with van der Waals surface area (Å²) in [6.45, 7) is 10.1. The van der Waals surface area contributed by atoms with Gasteiger partial charge < -0.3 is 14.4 Å². The number of ketones is 1. The topological polar surface area (TPSA) is 65.9 Å². The Bertz CT molecular complexity index is 1330. The van der Waals surface area contributed by atoms with Crippen molar-refractivity contribution in [2.45, 2.75) is 52.4 Å². The van der Waals surface area contributed by atoms with Gasteiger partial charge in [0.1, 0.15) is 5.82 Å². The summed E-state index contributed by atoms with van der Waals surface area (Å²) >= 11 is 0. The summed E-state index contributed by atoms with van der Waals surface area (Å²) < 4.78 is 15.3. The molecule has 0 aliphatic carbocycles. The molecule has 0 spiro atoms. The fourth-order valence-corrected chi connectivity index (χ4v) is 5.00. The molecule has 4 rings (SSSR count). The van der Waals surface area contributed by atoms with Crippen molar-refractivity contribution in [2.75, 3.05) is 27.2 Å². The van der Waals surface area contributed by atoms with Crippen LogP contribution in [0, 0.1) is 5.82 Å². The van der Waals surface area contributed by atoms with Crippen LogP contribution in [-0.4, -0.2) is 76.1 Å². The highest BCUT2D eigenvalue weighted by molar-refractivity contribution is 6.43. The van der Waals surface area contributed by atoms with Gasteiger partial charge >= 0.3 is 0 Å². The highest BCUT2D eigenvalue weighted by atomic mass is 19.1.